The molecule has 0 unspecified atom stereocenters. The zero-order valence-corrected chi connectivity index (χ0v) is 9.58. The molecule has 2 aromatic rings. The van der Waals surface area contributed by atoms with Gasteiger partial charge in [0.05, 0.1) is 5.92 Å². The first kappa shape index (κ1) is 10.7. The Hall–Kier alpha value is -2.42. The molecular weight excluding hydrogens is 226 g/mol. The summed E-state index contributed by atoms with van der Waals surface area (Å²) in [7, 11) is 0. The third-order valence-electron chi connectivity index (χ3n) is 3.24. The van der Waals surface area contributed by atoms with Gasteiger partial charge in [0.1, 0.15) is 5.71 Å². The van der Waals surface area contributed by atoms with Gasteiger partial charge in [-0.2, -0.15) is 0 Å². The number of hydrogen-bond acceptors (Lipinski definition) is 3. The van der Waals surface area contributed by atoms with E-state index in [0.29, 0.717) is 11.3 Å². The summed E-state index contributed by atoms with van der Waals surface area (Å²) in [5, 5.41) is 12.5. The zero-order chi connectivity index (χ0) is 12.5. The van der Waals surface area contributed by atoms with Crippen LogP contribution in [0.2, 0.25) is 0 Å². The minimum absolute atomic E-state index is 0.00963. The Morgan fingerprint density at radius 2 is 1.50 bits per heavy atom. The monoisotopic (exact) mass is 237 g/mol. The van der Waals surface area contributed by atoms with E-state index in [9.17, 15) is 10.0 Å². The third kappa shape index (κ3) is 1.44. The molecule has 3 rings (SSSR count). The van der Waals surface area contributed by atoms with E-state index in [2.05, 4.69) is 5.16 Å². The molecule has 1 N–H and O–H groups in total. The van der Waals surface area contributed by atoms with Gasteiger partial charge < -0.3 is 5.21 Å². The number of Topliss-reactive ketones (excluding diaryl/α,β-unsaturated/α-hetero) is 1. The predicted octanol–water partition coefficient (Wildman–Crippen LogP) is 2.85. The lowest BCUT2D eigenvalue weighted by molar-refractivity contribution is 0.0987. The highest BCUT2D eigenvalue weighted by atomic mass is 16.4. The van der Waals surface area contributed by atoms with Crippen molar-refractivity contribution in [1.29, 1.82) is 0 Å². The fraction of sp³-hybridized carbons (Fsp3) is 0.0667. The Bertz CT molecular complexity index is 632. The molecule has 0 fully saturated rings. The molecule has 0 amide bonds. The maximum Gasteiger partial charge on any atom is 0.177 e. The Balaban J connectivity index is 2.18. The van der Waals surface area contributed by atoms with Crippen LogP contribution in [0, 0.1) is 0 Å². The third-order valence-corrected chi connectivity index (χ3v) is 3.24. The summed E-state index contributed by atoms with van der Waals surface area (Å²) in [6.45, 7) is 0. The molecule has 3 heteroatoms. The zero-order valence-electron chi connectivity index (χ0n) is 9.58. The normalized spacial score (nSPS) is 20.1. The number of rotatable bonds is 1. The number of ketones is 1. The maximum atomic E-state index is 12.4. The van der Waals surface area contributed by atoms with Crippen molar-refractivity contribution < 1.29 is 10.0 Å². The van der Waals surface area contributed by atoms with E-state index < -0.39 is 5.92 Å². The maximum absolute atomic E-state index is 12.4. The van der Waals surface area contributed by atoms with Crippen molar-refractivity contribution in [2.45, 2.75) is 5.92 Å². The van der Waals surface area contributed by atoms with E-state index >= 15 is 0 Å². The first-order valence-corrected chi connectivity index (χ1v) is 5.73. The highest BCUT2D eigenvalue weighted by Crippen LogP contribution is 2.34. The Kier molecular flexibility index (Phi) is 2.45. The highest BCUT2D eigenvalue weighted by Gasteiger charge is 2.37. The van der Waals surface area contributed by atoms with Crippen molar-refractivity contribution >= 4 is 11.5 Å². The van der Waals surface area contributed by atoms with E-state index in [1.165, 1.54) is 0 Å². The summed E-state index contributed by atoms with van der Waals surface area (Å²) in [6, 6.07) is 16.6. The Morgan fingerprint density at radius 1 is 0.889 bits per heavy atom. The second-order valence-corrected chi connectivity index (χ2v) is 4.24. The van der Waals surface area contributed by atoms with Gasteiger partial charge in [-0.15, -0.1) is 0 Å². The molecular formula is C15H11NO2. The van der Waals surface area contributed by atoms with E-state index in [-0.39, 0.29) is 5.78 Å². The van der Waals surface area contributed by atoms with Gasteiger partial charge in [-0.25, -0.2) is 0 Å². The number of oxime groups is 1. The average molecular weight is 237 g/mol. The Labute approximate surface area is 104 Å². The summed E-state index contributed by atoms with van der Waals surface area (Å²) in [4.78, 5) is 12.4. The SMILES string of the molecule is O=C1c2ccccc2/C(=N/O)[C@H]1c1ccccc1. The number of fused-ring (bicyclic) bond motifs is 1. The molecule has 0 saturated heterocycles. The van der Waals surface area contributed by atoms with Gasteiger partial charge >= 0.3 is 0 Å². The van der Waals surface area contributed by atoms with E-state index in [4.69, 9.17) is 0 Å². The van der Waals surface area contributed by atoms with Gasteiger partial charge in [0, 0.05) is 11.1 Å². The van der Waals surface area contributed by atoms with Crippen LogP contribution < -0.4 is 0 Å². The van der Waals surface area contributed by atoms with Crippen LogP contribution in [-0.2, 0) is 0 Å². The van der Waals surface area contributed by atoms with Crippen LogP contribution in [0.1, 0.15) is 27.4 Å². The molecule has 0 saturated carbocycles. The fourth-order valence-corrected chi connectivity index (χ4v) is 2.42. The molecule has 0 radical (unpaired) electrons. The second-order valence-electron chi connectivity index (χ2n) is 4.24. The molecule has 0 aliphatic heterocycles. The van der Waals surface area contributed by atoms with Crippen LogP contribution in [0.5, 0.6) is 0 Å². The lowest BCUT2D eigenvalue weighted by Crippen LogP contribution is -2.13. The second kappa shape index (κ2) is 4.11. The highest BCUT2D eigenvalue weighted by molar-refractivity contribution is 6.31. The number of nitrogens with zero attached hydrogens (tertiary/aromatic N) is 1. The molecule has 0 spiro atoms. The molecule has 0 bridgehead atoms. The Morgan fingerprint density at radius 3 is 2.17 bits per heavy atom. The van der Waals surface area contributed by atoms with Crippen molar-refractivity contribution in [3.63, 3.8) is 0 Å². The van der Waals surface area contributed by atoms with Gasteiger partial charge in [0.15, 0.2) is 5.78 Å². The number of hydrogen-bond donors (Lipinski definition) is 1. The van der Waals surface area contributed by atoms with Gasteiger partial charge in [-0.05, 0) is 5.56 Å². The van der Waals surface area contributed by atoms with Crippen molar-refractivity contribution in [3.05, 3.63) is 71.3 Å². The molecule has 1 atom stereocenters. The van der Waals surface area contributed by atoms with Gasteiger partial charge in [-0.3, -0.25) is 4.79 Å². The number of carbonyl (C=O) groups is 1. The summed E-state index contributed by atoms with van der Waals surface area (Å²) in [5.74, 6) is -0.502. The van der Waals surface area contributed by atoms with E-state index in [1.807, 2.05) is 48.5 Å². The number of carbonyl (C=O) groups excluding carboxylic acids is 1. The van der Waals surface area contributed by atoms with Crippen LogP contribution in [0.3, 0.4) is 0 Å². The van der Waals surface area contributed by atoms with E-state index in [0.717, 1.165) is 11.1 Å². The summed E-state index contributed by atoms with van der Waals surface area (Å²) < 4.78 is 0. The number of benzene rings is 2. The van der Waals surface area contributed by atoms with Crippen molar-refractivity contribution in [2.24, 2.45) is 5.16 Å². The molecule has 3 nitrogen and oxygen atoms in total. The summed E-state index contributed by atoms with van der Waals surface area (Å²) in [6.07, 6.45) is 0. The minimum Gasteiger partial charge on any atom is -0.411 e. The minimum atomic E-state index is -0.492. The topological polar surface area (TPSA) is 49.7 Å². The molecule has 88 valence electrons. The summed E-state index contributed by atoms with van der Waals surface area (Å²) in [5.41, 5.74) is 2.63. The van der Waals surface area contributed by atoms with E-state index in [1.54, 1.807) is 6.07 Å². The van der Waals surface area contributed by atoms with Crippen LogP contribution in [0.4, 0.5) is 0 Å². The largest absolute Gasteiger partial charge is 0.411 e. The van der Waals surface area contributed by atoms with Gasteiger partial charge in [-0.1, -0.05) is 59.8 Å². The molecule has 0 aromatic heterocycles. The fourth-order valence-electron chi connectivity index (χ4n) is 2.42. The van der Waals surface area contributed by atoms with Crippen LogP contribution in [-0.4, -0.2) is 16.7 Å². The smallest absolute Gasteiger partial charge is 0.177 e. The van der Waals surface area contributed by atoms with Crippen LogP contribution in [0.25, 0.3) is 0 Å². The van der Waals surface area contributed by atoms with Crippen molar-refractivity contribution in [3.8, 4) is 0 Å². The first-order valence-electron chi connectivity index (χ1n) is 5.73. The first-order chi connectivity index (χ1) is 8.83. The van der Waals surface area contributed by atoms with Gasteiger partial charge in [0.2, 0.25) is 0 Å². The predicted molar refractivity (Wildman–Crippen MR) is 68.3 cm³/mol. The quantitative estimate of drug-likeness (QED) is 0.612. The standard InChI is InChI=1S/C15H11NO2/c17-15-12-9-5-4-8-11(12)14(16-18)13(15)10-6-2-1-3-7-10/h1-9,13,18H/b16-14-/t13-/m1/s1. The molecule has 18 heavy (non-hydrogen) atoms. The summed E-state index contributed by atoms with van der Waals surface area (Å²) >= 11 is 0. The van der Waals surface area contributed by atoms with Gasteiger partial charge in [0.25, 0.3) is 0 Å². The van der Waals surface area contributed by atoms with Crippen LogP contribution >= 0.6 is 0 Å². The molecule has 1 aliphatic carbocycles. The molecule has 2 aromatic carbocycles. The average Bonchev–Trinajstić information content (AvgIpc) is 2.73. The van der Waals surface area contributed by atoms with Crippen molar-refractivity contribution in [2.75, 3.05) is 0 Å². The lowest BCUT2D eigenvalue weighted by Gasteiger charge is -2.08. The van der Waals surface area contributed by atoms with Crippen molar-refractivity contribution in [1.82, 2.24) is 0 Å². The molecule has 1 aliphatic rings. The lowest BCUT2D eigenvalue weighted by atomic mass is 9.94. The molecule has 0 heterocycles. The van der Waals surface area contributed by atoms with Crippen LogP contribution in [0.15, 0.2) is 59.8 Å².